The molecule has 2 aliphatic rings. The van der Waals surface area contributed by atoms with Gasteiger partial charge in [0.15, 0.2) is 0 Å². The summed E-state index contributed by atoms with van der Waals surface area (Å²) in [4.78, 5) is 4.52. The van der Waals surface area contributed by atoms with Gasteiger partial charge in [-0.05, 0) is 156 Å². The summed E-state index contributed by atoms with van der Waals surface area (Å²) in [5.74, 6) is 1.90. The van der Waals surface area contributed by atoms with Gasteiger partial charge < -0.3 is 0 Å². The van der Waals surface area contributed by atoms with E-state index >= 15 is 0 Å². The maximum Gasteiger partial charge on any atom is 0.0632 e. The first-order valence-corrected chi connectivity index (χ1v) is 25.0. The van der Waals surface area contributed by atoms with E-state index in [0.29, 0.717) is 0 Å². The van der Waals surface area contributed by atoms with Crippen LogP contribution in [0.4, 0.5) is 0 Å². The third-order valence-corrected chi connectivity index (χ3v) is 12.6. The Morgan fingerprint density at radius 1 is 0.639 bits per heavy atom. The molecule has 61 heavy (non-hydrogen) atoms. The van der Waals surface area contributed by atoms with E-state index in [0.717, 1.165) is 41.6 Å². The predicted octanol–water partition coefficient (Wildman–Crippen LogP) is 20.1. The molecule has 0 radical (unpaired) electrons. The Balaban J connectivity index is 0. The van der Waals surface area contributed by atoms with Gasteiger partial charge in [0, 0.05) is 11.3 Å². The Morgan fingerprint density at radius 3 is 1.67 bits per heavy atom. The minimum Gasteiger partial charge on any atom is -0.258 e. The molecule has 2 aliphatic carbocycles. The molecule has 344 valence electrons. The number of unbranched alkanes of at least 4 members (excludes halogenated alkanes) is 2. The van der Waals surface area contributed by atoms with E-state index in [4.69, 9.17) is 0 Å². The van der Waals surface area contributed by atoms with Crippen LogP contribution < -0.4 is 0 Å². The average molecular weight is 834 g/mol. The van der Waals surface area contributed by atoms with Gasteiger partial charge >= 0.3 is 0 Å². The zero-order valence-corrected chi connectivity index (χ0v) is 43.8. The van der Waals surface area contributed by atoms with Crippen molar-refractivity contribution in [1.82, 2.24) is 0 Å². The normalized spacial score (nSPS) is 13.2. The van der Waals surface area contributed by atoms with Crippen LogP contribution in [-0.4, -0.2) is 5.71 Å². The zero-order valence-electron chi connectivity index (χ0n) is 43.8. The van der Waals surface area contributed by atoms with Crippen molar-refractivity contribution < 1.29 is 0 Å². The molecule has 0 saturated carbocycles. The summed E-state index contributed by atoms with van der Waals surface area (Å²) >= 11 is 0. The van der Waals surface area contributed by atoms with Crippen molar-refractivity contribution in [1.29, 1.82) is 0 Å². The fourth-order valence-corrected chi connectivity index (χ4v) is 7.52. The van der Waals surface area contributed by atoms with Crippen LogP contribution in [0.1, 0.15) is 224 Å². The summed E-state index contributed by atoms with van der Waals surface area (Å²) in [6.45, 7) is 47.0. The van der Waals surface area contributed by atoms with Gasteiger partial charge in [-0.3, -0.25) is 4.99 Å². The molecular weight excluding hydrogens is 735 g/mol. The molecular formula is C60H99N. The number of aryl methyl sites for hydroxylation is 2. The highest BCUT2D eigenvalue weighted by atomic mass is 14.7. The van der Waals surface area contributed by atoms with Crippen molar-refractivity contribution in [3.05, 3.63) is 129 Å². The minimum absolute atomic E-state index is 0.875. The van der Waals surface area contributed by atoms with Crippen LogP contribution in [0.25, 0.3) is 11.3 Å². The second kappa shape index (κ2) is 36.1. The third kappa shape index (κ3) is 23.5. The molecule has 1 atom stereocenters. The first-order valence-electron chi connectivity index (χ1n) is 25.0. The van der Waals surface area contributed by atoms with E-state index in [2.05, 4.69) is 163 Å². The zero-order chi connectivity index (χ0) is 46.9. The Bertz CT molecular complexity index is 1680. The molecule has 0 N–H and O–H groups in total. The van der Waals surface area contributed by atoms with Crippen molar-refractivity contribution in [2.75, 3.05) is 0 Å². The molecule has 0 saturated heterocycles. The molecule has 2 aromatic carbocycles. The van der Waals surface area contributed by atoms with E-state index in [1.54, 1.807) is 0 Å². The lowest BCUT2D eigenvalue weighted by atomic mass is 9.88. The second-order valence-corrected chi connectivity index (χ2v) is 16.9. The van der Waals surface area contributed by atoms with Gasteiger partial charge in [0.25, 0.3) is 0 Å². The number of nitrogens with zero attached hydrogens (tertiary/aromatic N) is 1. The van der Waals surface area contributed by atoms with Crippen LogP contribution in [0.2, 0.25) is 0 Å². The molecule has 4 rings (SSSR count). The van der Waals surface area contributed by atoms with Gasteiger partial charge in [0.2, 0.25) is 0 Å². The van der Waals surface area contributed by atoms with Gasteiger partial charge in [0.05, 0.1) is 5.70 Å². The largest absolute Gasteiger partial charge is 0.258 e. The van der Waals surface area contributed by atoms with Crippen LogP contribution in [0, 0.1) is 46.5 Å². The van der Waals surface area contributed by atoms with Crippen molar-refractivity contribution in [2.24, 2.45) is 16.8 Å². The van der Waals surface area contributed by atoms with Gasteiger partial charge in [-0.25, -0.2) is 0 Å². The van der Waals surface area contributed by atoms with Crippen LogP contribution in [0.5, 0.6) is 0 Å². The number of hydrogen-bond acceptors (Lipinski definition) is 1. The smallest absolute Gasteiger partial charge is 0.0632 e. The van der Waals surface area contributed by atoms with Crippen molar-refractivity contribution in [2.45, 2.75) is 221 Å². The highest BCUT2D eigenvalue weighted by Gasteiger charge is 2.11. The minimum atomic E-state index is 0.875. The Morgan fingerprint density at radius 2 is 1.20 bits per heavy atom. The maximum absolute atomic E-state index is 4.52. The summed E-state index contributed by atoms with van der Waals surface area (Å²) in [5.41, 5.74) is 18.5. The van der Waals surface area contributed by atoms with E-state index in [9.17, 15) is 0 Å². The Kier molecular flexibility index (Phi) is 35.3. The van der Waals surface area contributed by atoms with Crippen LogP contribution in [-0.2, 0) is 6.42 Å². The first kappa shape index (κ1) is 59.6. The monoisotopic (exact) mass is 834 g/mol. The number of rotatable bonds is 17. The van der Waals surface area contributed by atoms with Crippen LogP contribution in [0.15, 0.2) is 89.5 Å². The van der Waals surface area contributed by atoms with Gasteiger partial charge in [0.1, 0.15) is 0 Å². The molecule has 1 heteroatoms. The number of hydrogen-bond donors (Lipinski definition) is 0. The average Bonchev–Trinajstić information content (AvgIpc) is 3.82. The van der Waals surface area contributed by atoms with E-state index in [1.807, 2.05) is 34.6 Å². The molecule has 1 unspecified atom stereocenters. The summed E-state index contributed by atoms with van der Waals surface area (Å²) in [6.07, 6.45) is 30.8. The van der Waals surface area contributed by atoms with Gasteiger partial charge in [-0.15, -0.1) is 0 Å². The number of allylic oxidation sites excluding steroid dienone is 9. The van der Waals surface area contributed by atoms with Crippen LogP contribution in [0.3, 0.4) is 0 Å². The lowest BCUT2D eigenvalue weighted by molar-refractivity contribution is 0.421. The fraction of sp³-hybridized carbons (Fsp3) is 0.583. The molecule has 0 aromatic heterocycles. The van der Waals surface area contributed by atoms with Crippen LogP contribution >= 0.6 is 0 Å². The highest BCUT2D eigenvalue weighted by molar-refractivity contribution is 5.87. The van der Waals surface area contributed by atoms with Gasteiger partial charge in [-0.1, -0.05) is 206 Å². The Hall–Kier alpha value is -3.45. The highest BCUT2D eigenvalue weighted by Crippen LogP contribution is 2.28. The summed E-state index contributed by atoms with van der Waals surface area (Å²) in [5, 5.41) is 0. The lowest BCUT2D eigenvalue weighted by Gasteiger charge is -2.17. The summed E-state index contributed by atoms with van der Waals surface area (Å²) < 4.78 is 0. The van der Waals surface area contributed by atoms with Gasteiger partial charge in [-0.2, -0.15) is 0 Å². The molecule has 0 bridgehead atoms. The van der Waals surface area contributed by atoms with E-state index in [1.165, 1.54) is 145 Å². The second-order valence-electron chi connectivity index (χ2n) is 16.9. The summed E-state index contributed by atoms with van der Waals surface area (Å²) in [6, 6.07) is 8.83. The topological polar surface area (TPSA) is 12.4 Å². The first-order chi connectivity index (χ1) is 29.2. The van der Waals surface area contributed by atoms with Crippen molar-refractivity contribution >= 4 is 17.0 Å². The molecule has 1 nitrogen and oxygen atoms in total. The maximum atomic E-state index is 4.52. The predicted molar refractivity (Wildman–Crippen MR) is 285 cm³/mol. The molecule has 0 aliphatic heterocycles. The molecule has 0 spiro atoms. The van der Waals surface area contributed by atoms with Crippen molar-refractivity contribution in [3.63, 3.8) is 0 Å². The number of aliphatic imine (C=N–C) groups is 1. The number of benzene rings is 2. The Labute approximate surface area is 382 Å². The van der Waals surface area contributed by atoms with E-state index < -0.39 is 0 Å². The molecule has 0 fully saturated rings. The molecule has 2 aromatic rings. The third-order valence-electron chi connectivity index (χ3n) is 12.6. The lowest BCUT2D eigenvalue weighted by Crippen LogP contribution is -2.03. The quantitative estimate of drug-likeness (QED) is 0.141. The molecule has 0 amide bonds. The SMILES string of the molecule is C=C(C)c1ccc(CCC(CC)CCCC)c(C)c1C.C=C(N=C(C)CC)c1ccc(C)c(C)c1C.CC.CC.CC1=CC=C(C2=CCC=C2)CC1.CCCCC(CC)CC. The summed E-state index contributed by atoms with van der Waals surface area (Å²) in [7, 11) is 0. The van der Waals surface area contributed by atoms with Crippen molar-refractivity contribution in [3.8, 4) is 0 Å². The standard InChI is InChI=1S/C20H32.C15H21N.C12H14.C9H20.2C2H6/c1-7-9-10-18(8-2)11-12-19-13-14-20(15(3)4)17(6)16(19)5;1-7-11(3)16-14(6)15-9-8-10(2)12(4)13(15)5;1-10-6-8-12(9-7-10)11-4-2-3-5-11;1-4-7-8-9(5-2)6-3;2*1-2/h13-14,18H,3,7-12H2,1-2,4-6H3;8-9H,6-7H2,1-5H3;2,4-6,8H,3,7,9H2,1H3;9H,4-8H2,1-3H3;2*1-2H3. The van der Waals surface area contributed by atoms with E-state index in [-0.39, 0.29) is 0 Å². The molecule has 0 heterocycles. The fourth-order valence-electron chi connectivity index (χ4n) is 7.52.